The highest BCUT2D eigenvalue weighted by atomic mass is 16.5. The first-order valence-corrected chi connectivity index (χ1v) is 2.78. The summed E-state index contributed by atoms with van der Waals surface area (Å²) in [5.41, 5.74) is 1.47. The maximum absolute atomic E-state index is 10.6. The van der Waals surface area contributed by atoms with E-state index in [0.717, 1.165) is 0 Å². The lowest BCUT2D eigenvalue weighted by Crippen LogP contribution is -2.23. The topological polar surface area (TPSA) is 58.6 Å². The minimum atomic E-state index is -0.621. The van der Waals surface area contributed by atoms with Crippen LogP contribution in [0.5, 0.6) is 0 Å². The molecule has 0 aromatic carbocycles. The molecule has 10 heavy (non-hydrogen) atoms. The first kappa shape index (κ1) is 6.82. The Morgan fingerprint density at radius 2 is 2.60 bits per heavy atom. The molecule has 0 saturated heterocycles. The lowest BCUT2D eigenvalue weighted by atomic mass is 10.3. The average molecular weight is 141 g/mol. The Kier molecular flexibility index (Phi) is 2.07. The number of allylic oxidation sites excluding steroid dienone is 2. The summed E-state index contributed by atoms with van der Waals surface area (Å²) < 4.78 is 4.83. The number of carbonyl (C=O) groups is 1. The van der Waals surface area contributed by atoms with Crippen LogP contribution in [0.25, 0.3) is 0 Å². The van der Waals surface area contributed by atoms with E-state index in [4.69, 9.17) is 9.94 Å². The van der Waals surface area contributed by atoms with Gasteiger partial charge in [0.2, 0.25) is 0 Å². The van der Waals surface area contributed by atoms with E-state index in [1.165, 1.54) is 11.6 Å². The zero-order valence-electron chi connectivity index (χ0n) is 5.20. The molecule has 0 atom stereocenters. The molecule has 1 rings (SSSR count). The number of carbonyl (C=O) groups excluding carboxylic acids is 1. The first-order chi connectivity index (χ1) is 4.84. The molecule has 2 N–H and O–H groups in total. The van der Waals surface area contributed by atoms with Gasteiger partial charge in [0.1, 0.15) is 6.61 Å². The molecule has 4 heteroatoms. The van der Waals surface area contributed by atoms with Crippen molar-refractivity contribution in [2.45, 2.75) is 0 Å². The minimum absolute atomic E-state index is 0.130. The minimum Gasteiger partial charge on any atom is -0.484 e. The third-order valence-corrected chi connectivity index (χ3v) is 1.04. The highest BCUT2D eigenvalue weighted by Crippen LogP contribution is 2.02. The molecule has 54 valence electrons. The molecular formula is C6H7NO3. The highest BCUT2D eigenvalue weighted by Gasteiger charge is 2.08. The lowest BCUT2D eigenvalue weighted by molar-refractivity contribution is -0.128. The predicted molar refractivity (Wildman–Crippen MR) is 33.1 cm³/mol. The van der Waals surface area contributed by atoms with Crippen LogP contribution in [0, 0.1) is 0 Å². The first-order valence-electron chi connectivity index (χ1n) is 2.78. The molecule has 0 aromatic rings. The zero-order chi connectivity index (χ0) is 7.40. The second-order valence-corrected chi connectivity index (χ2v) is 1.71. The Balaban J connectivity index is 2.62. The number of hydroxylamine groups is 1. The van der Waals surface area contributed by atoms with Gasteiger partial charge in [-0.2, -0.15) is 0 Å². The van der Waals surface area contributed by atoms with E-state index in [2.05, 4.69) is 0 Å². The largest absolute Gasteiger partial charge is 0.484 e. The number of amides is 1. The molecule has 0 aromatic heterocycles. The fraction of sp³-hybridized carbons (Fsp3) is 0.167. The Labute approximate surface area is 57.8 Å². The maximum Gasteiger partial charge on any atom is 0.309 e. The molecule has 1 heterocycles. The Hall–Kier alpha value is -1.29. The third kappa shape index (κ3) is 1.35. The van der Waals surface area contributed by atoms with Gasteiger partial charge in [0.25, 0.3) is 0 Å². The van der Waals surface area contributed by atoms with Crippen molar-refractivity contribution in [1.29, 1.82) is 0 Å². The number of ether oxygens (including phenoxy) is 1. The van der Waals surface area contributed by atoms with Gasteiger partial charge in [-0.25, -0.2) is 5.48 Å². The predicted octanol–water partition coefficient (Wildman–Crippen LogP) is -0.0379. The highest BCUT2D eigenvalue weighted by molar-refractivity contribution is 5.90. The van der Waals surface area contributed by atoms with Gasteiger partial charge in [-0.05, 0) is 12.2 Å². The number of hydrogen-bond acceptors (Lipinski definition) is 3. The van der Waals surface area contributed by atoms with Crippen molar-refractivity contribution in [1.82, 2.24) is 5.48 Å². The summed E-state index contributed by atoms with van der Waals surface area (Å²) in [5, 5.41) is 8.14. The molecule has 0 bridgehead atoms. The van der Waals surface area contributed by atoms with Crippen LogP contribution in [-0.4, -0.2) is 17.7 Å². The maximum atomic E-state index is 10.6. The van der Waals surface area contributed by atoms with E-state index < -0.39 is 5.91 Å². The molecule has 1 aliphatic heterocycles. The second kappa shape index (κ2) is 3.03. The normalized spacial score (nSPS) is 15.5. The van der Waals surface area contributed by atoms with Gasteiger partial charge in [0.15, 0.2) is 5.76 Å². The number of hydrogen-bond donors (Lipinski definition) is 2. The van der Waals surface area contributed by atoms with Crippen LogP contribution >= 0.6 is 0 Å². The Morgan fingerprint density at radius 3 is 3.10 bits per heavy atom. The third-order valence-electron chi connectivity index (χ3n) is 1.04. The van der Waals surface area contributed by atoms with Crippen LogP contribution in [0.4, 0.5) is 0 Å². The second-order valence-electron chi connectivity index (χ2n) is 1.71. The number of nitrogens with one attached hydrogen (secondary N) is 1. The quantitative estimate of drug-likeness (QED) is 0.398. The van der Waals surface area contributed by atoms with Crippen LogP contribution in [0.3, 0.4) is 0 Å². The molecule has 1 aliphatic rings. The SMILES string of the molecule is O=C(NO)C1=CC=CCO1. The van der Waals surface area contributed by atoms with Crippen molar-refractivity contribution in [3.63, 3.8) is 0 Å². The fourth-order valence-corrected chi connectivity index (χ4v) is 0.593. The molecule has 0 aliphatic carbocycles. The molecule has 0 saturated carbocycles. The van der Waals surface area contributed by atoms with Crippen molar-refractivity contribution in [2.75, 3.05) is 6.61 Å². The smallest absolute Gasteiger partial charge is 0.309 e. The van der Waals surface area contributed by atoms with Gasteiger partial charge < -0.3 is 4.74 Å². The van der Waals surface area contributed by atoms with Crippen LogP contribution in [0.1, 0.15) is 0 Å². The van der Waals surface area contributed by atoms with Gasteiger partial charge >= 0.3 is 5.91 Å². The summed E-state index contributed by atoms with van der Waals surface area (Å²) in [6.07, 6.45) is 4.93. The summed E-state index contributed by atoms with van der Waals surface area (Å²) in [7, 11) is 0. The molecular weight excluding hydrogens is 134 g/mol. The molecule has 0 spiro atoms. The Bertz CT molecular complexity index is 195. The van der Waals surface area contributed by atoms with Crippen molar-refractivity contribution in [3.05, 3.63) is 24.0 Å². The van der Waals surface area contributed by atoms with Gasteiger partial charge in [-0.1, -0.05) is 6.08 Å². The van der Waals surface area contributed by atoms with Crippen molar-refractivity contribution < 1.29 is 14.7 Å². The molecule has 1 amide bonds. The van der Waals surface area contributed by atoms with Crippen LogP contribution in [0.15, 0.2) is 24.0 Å². The van der Waals surface area contributed by atoms with Crippen LogP contribution < -0.4 is 5.48 Å². The summed E-state index contributed by atoms with van der Waals surface area (Å²) in [5.74, 6) is -0.491. The monoisotopic (exact) mass is 141 g/mol. The number of rotatable bonds is 1. The van der Waals surface area contributed by atoms with Gasteiger partial charge in [-0.15, -0.1) is 0 Å². The summed E-state index contributed by atoms with van der Waals surface area (Å²) in [4.78, 5) is 10.6. The van der Waals surface area contributed by atoms with E-state index in [1.54, 1.807) is 12.2 Å². The van der Waals surface area contributed by atoms with E-state index in [0.29, 0.717) is 6.61 Å². The zero-order valence-corrected chi connectivity index (χ0v) is 5.20. The van der Waals surface area contributed by atoms with Crippen molar-refractivity contribution >= 4 is 5.91 Å². The van der Waals surface area contributed by atoms with E-state index in [1.807, 2.05) is 0 Å². The molecule has 0 radical (unpaired) electrons. The van der Waals surface area contributed by atoms with E-state index in [-0.39, 0.29) is 5.76 Å². The molecule has 0 fully saturated rings. The van der Waals surface area contributed by atoms with Gasteiger partial charge in [0, 0.05) is 0 Å². The van der Waals surface area contributed by atoms with Crippen LogP contribution in [0.2, 0.25) is 0 Å². The van der Waals surface area contributed by atoms with Crippen molar-refractivity contribution in [3.8, 4) is 0 Å². The van der Waals surface area contributed by atoms with E-state index in [9.17, 15) is 4.79 Å². The fourth-order valence-electron chi connectivity index (χ4n) is 0.593. The summed E-state index contributed by atoms with van der Waals surface area (Å²) >= 11 is 0. The lowest BCUT2D eigenvalue weighted by Gasteiger charge is -2.07. The standard InChI is InChI=1S/C6H7NO3/c8-6(7-9)5-3-1-2-4-10-5/h1-3,9H,4H2,(H,7,8). The summed E-state index contributed by atoms with van der Waals surface area (Å²) in [6, 6.07) is 0. The van der Waals surface area contributed by atoms with Crippen LogP contribution in [-0.2, 0) is 9.53 Å². The van der Waals surface area contributed by atoms with E-state index >= 15 is 0 Å². The van der Waals surface area contributed by atoms with Gasteiger partial charge in [-0.3, -0.25) is 10.0 Å². The molecule has 4 nitrogen and oxygen atoms in total. The summed E-state index contributed by atoms with van der Waals surface area (Å²) in [6.45, 7) is 0.374. The molecule has 0 unspecified atom stereocenters. The average Bonchev–Trinajstić information content (AvgIpc) is 2.05. The Morgan fingerprint density at radius 1 is 1.80 bits per heavy atom. The van der Waals surface area contributed by atoms with Crippen molar-refractivity contribution in [2.24, 2.45) is 0 Å². The van der Waals surface area contributed by atoms with Gasteiger partial charge in [0.05, 0.1) is 0 Å².